The quantitative estimate of drug-likeness (QED) is 0.772. The van der Waals surface area contributed by atoms with Crippen LogP contribution in [0.15, 0.2) is 6.07 Å². The summed E-state index contributed by atoms with van der Waals surface area (Å²) in [7, 11) is 0. The van der Waals surface area contributed by atoms with Crippen LogP contribution in [0.2, 0.25) is 0 Å². The molecular weight excluding hydrogens is 292 g/mol. The molecule has 0 fully saturated rings. The van der Waals surface area contributed by atoms with Crippen LogP contribution in [0.1, 0.15) is 34.8 Å². The molecule has 0 aliphatic heterocycles. The fourth-order valence-electron chi connectivity index (χ4n) is 2.48. The first-order valence-electron chi connectivity index (χ1n) is 7.77. The van der Waals surface area contributed by atoms with Crippen molar-refractivity contribution in [2.45, 2.75) is 40.5 Å². The van der Waals surface area contributed by atoms with Crippen molar-refractivity contribution in [1.82, 2.24) is 25.1 Å². The highest BCUT2D eigenvalue weighted by atomic mass is 16.1. The van der Waals surface area contributed by atoms with Crippen molar-refractivity contribution in [2.24, 2.45) is 5.73 Å². The highest BCUT2D eigenvalue weighted by Gasteiger charge is 2.17. The predicted molar refractivity (Wildman–Crippen MR) is 88.5 cm³/mol. The zero-order valence-corrected chi connectivity index (χ0v) is 14.2. The Hall–Kier alpha value is -2.28. The Morgan fingerprint density at radius 3 is 2.48 bits per heavy atom. The molecule has 0 aromatic carbocycles. The number of rotatable bonds is 6. The maximum atomic E-state index is 12.0. The topological polar surface area (TPSA) is 98.7 Å². The van der Waals surface area contributed by atoms with E-state index in [2.05, 4.69) is 20.4 Å². The third kappa shape index (κ3) is 4.13. The summed E-state index contributed by atoms with van der Waals surface area (Å²) < 4.78 is 1.71. The molecule has 2 aromatic heterocycles. The van der Waals surface area contributed by atoms with Gasteiger partial charge in [-0.05, 0) is 46.7 Å². The van der Waals surface area contributed by atoms with E-state index in [1.54, 1.807) is 4.68 Å². The van der Waals surface area contributed by atoms with Gasteiger partial charge < -0.3 is 11.1 Å². The van der Waals surface area contributed by atoms with Gasteiger partial charge in [0, 0.05) is 29.2 Å². The van der Waals surface area contributed by atoms with Gasteiger partial charge in [-0.2, -0.15) is 5.10 Å². The third-order valence-electron chi connectivity index (χ3n) is 3.64. The maximum Gasteiger partial charge on any atom is 0.251 e. The standard InChI is InChI=1S/C16H24N6O/c1-10-8-11(2)20-16(19-10)22-13(4)14(12(3)21-22)9-15(23)18-7-5-6-17/h8H,5-7,9,17H2,1-4H3,(H,18,23). The van der Waals surface area contributed by atoms with Gasteiger partial charge in [0.25, 0.3) is 5.95 Å². The Morgan fingerprint density at radius 2 is 1.87 bits per heavy atom. The molecule has 0 atom stereocenters. The molecular formula is C16H24N6O. The Labute approximate surface area is 136 Å². The molecule has 0 spiro atoms. The van der Waals surface area contributed by atoms with E-state index in [1.165, 1.54) is 0 Å². The van der Waals surface area contributed by atoms with E-state index >= 15 is 0 Å². The Kier molecular flexibility index (Phi) is 5.44. The van der Waals surface area contributed by atoms with Crippen LogP contribution in [0.3, 0.4) is 0 Å². The van der Waals surface area contributed by atoms with E-state index in [9.17, 15) is 4.79 Å². The fraction of sp³-hybridized carbons (Fsp3) is 0.500. The molecule has 2 heterocycles. The van der Waals surface area contributed by atoms with Crippen molar-refractivity contribution in [1.29, 1.82) is 0 Å². The van der Waals surface area contributed by atoms with Crippen molar-refractivity contribution in [3.05, 3.63) is 34.4 Å². The maximum absolute atomic E-state index is 12.0. The second-order valence-corrected chi connectivity index (χ2v) is 5.68. The van der Waals surface area contributed by atoms with Gasteiger partial charge in [0.05, 0.1) is 12.1 Å². The summed E-state index contributed by atoms with van der Waals surface area (Å²) in [6.07, 6.45) is 1.08. The highest BCUT2D eigenvalue weighted by molar-refractivity contribution is 5.79. The monoisotopic (exact) mass is 316 g/mol. The third-order valence-corrected chi connectivity index (χ3v) is 3.64. The molecule has 0 aliphatic rings. The van der Waals surface area contributed by atoms with Crippen molar-refractivity contribution >= 4 is 5.91 Å². The zero-order chi connectivity index (χ0) is 17.0. The summed E-state index contributed by atoms with van der Waals surface area (Å²) >= 11 is 0. The van der Waals surface area contributed by atoms with Crippen LogP contribution in [0.5, 0.6) is 0 Å². The number of nitrogens with zero attached hydrogens (tertiary/aromatic N) is 4. The Morgan fingerprint density at radius 1 is 1.22 bits per heavy atom. The normalized spacial score (nSPS) is 10.8. The first kappa shape index (κ1) is 17.1. The predicted octanol–water partition coefficient (Wildman–Crippen LogP) is 0.903. The van der Waals surface area contributed by atoms with E-state index in [0.29, 0.717) is 25.5 Å². The summed E-state index contributed by atoms with van der Waals surface area (Å²) in [6.45, 7) is 8.85. The van der Waals surface area contributed by atoms with Gasteiger partial charge in [0.2, 0.25) is 5.91 Å². The van der Waals surface area contributed by atoms with Crippen LogP contribution < -0.4 is 11.1 Å². The van der Waals surface area contributed by atoms with Crippen LogP contribution in [-0.2, 0) is 11.2 Å². The molecule has 23 heavy (non-hydrogen) atoms. The fourth-order valence-corrected chi connectivity index (χ4v) is 2.48. The first-order chi connectivity index (χ1) is 10.9. The first-order valence-corrected chi connectivity index (χ1v) is 7.77. The number of aryl methyl sites for hydroxylation is 3. The molecule has 2 rings (SSSR count). The smallest absolute Gasteiger partial charge is 0.251 e. The number of amides is 1. The average Bonchev–Trinajstić information content (AvgIpc) is 2.75. The summed E-state index contributed by atoms with van der Waals surface area (Å²) in [6, 6.07) is 1.92. The van der Waals surface area contributed by atoms with Crippen molar-refractivity contribution in [2.75, 3.05) is 13.1 Å². The molecule has 3 N–H and O–H groups in total. The van der Waals surface area contributed by atoms with Crippen molar-refractivity contribution in [3.8, 4) is 5.95 Å². The Bertz CT molecular complexity index is 687. The van der Waals surface area contributed by atoms with Crippen LogP contribution in [0.25, 0.3) is 5.95 Å². The SMILES string of the molecule is Cc1cc(C)nc(-n2nc(C)c(CC(=O)NCCCN)c2C)n1. The lowest BCUT2D eigenvalue weighted by molar-refractivity contribution is -0.120. The van der Waals surface area contributed by atoms with Crippen LogP contribution in [0.4, 0.5) is 0 Å². The van der Waals surface area contributed by atoms with E-state index in [0.717, 1.165) is 34.8 Å². The van der Waals surface area contributed by atoms with Crippen LogP contribution in [0, 0.1) is 27.7 Å². The second-order valence-electron chi connectivity index (χ2n) is 5.68. The number of carbonyl (C=O) groups is 1. The molecule has 7 heteroatoms. The molecule has 2 aromatic rings. The van der Waals surface area contributed by atoms with Crippen LogP contribution >= 0.6 is 0 Å². The molecule has 124 valence electrons. The lowest BCUT2D eigenvalue weighted by atomic mass is 10.1. The minimum Gasteiger partial charge on any atom is -0.356 e. The Balaban J connectivity index is 2.24. The number of hydrogen-bond donors (Lipinski definition) is 2. The number of nitrogens with one attached hydrogen (secondary N) is 1. The number of carbonyl (C=O) groups excluding carboxylic acids is 1. The van der Waals surface area contributed by atoms with Gasteiger partial charge in [-0.25, -0.2) is 14.6 Å². The van der Waals surface area contributed by atoms with Gasteiger partial charge in [-0.1, -0.05) is 0 Å². The minimum atomic E-state index is -0.0226. The molecule has 0 bridgehead atoms. The molecule has 0 aliphatic carbocycles. The molecule has 1 amide bonds. The van der Waals surface area contributed by atoms with E-state index in [1.807, 2.05) is 33.8 Å². The molecule has 0 saturated carbocycles. The summed E-state index contributed by atoms with van der Waals surface area (Å²) in [5, 5.41) is 7.37. The average molecular weight is 316 g/mol. The van der Waals surface area contributed by atoms with E-state index < -0.39 is 0 Å². The number of aromatic nitrogens is 4. The largest absolute Gasteiger partial charge is 0.356 e. The van der Waals surface area contributed by atoms with Gasteiger partial charge in [0.15, 0.2) is 0 Å². The van der Waals surface area contributed by atoms with E-state index in [-0.39, 0.29) is 5.91 Å². The van der Waals surface area contributed by atoms with Crippen LogP contribution in [-0.4, -0.2) is 38.7 Å². The summed E-state index contributed by atoms with van der Waals surface area (Å²) in [4.78, 5) is 20.9. The second kappa shape index (κ2) is 7.32. The lowest BCUT2D eigenvalue weighted by Gasteiger charge is -2.06. The molecule has 0 unspecified atom stereocenters. The molecule has 7 nitrogen and oxygen atoms in total. The number of nitrogens with two attached hydrogens (primary N) is 1. The zero-order valence-electron chi connectivity index (χ0n) is 14.2. The summed E-state index contributed by atoms with van der Waals surface area (Å²) in [5.41, 5.74) is 9.83. The van der Waals surface area contributed by atoms with Crippen molar-refractivity contribution in [3.63, 3.8) is 0 Å². The highest BCUT2D eigenvalue weighted by Crippen LogP contribution is 2.17. The van der Waals surface area contributed by atoms with E-state index in [4.69, 9.17) is 5.73 Å². The number of hydrogen-bond acceptors (Lipinski definition) is 5. The molecule has 0 radical (unpaired) electrons. The summed E-state index contributed by atoms with van der Waals surface area (Å²) in [5.74, 6) is 0.517. The minimum absolute atomic E-state index is 0.0226. The van der Waals surface area contributed by atoms with Gasteiger partial charge in [-0.15, -0.1) is 0 Å². The van der Waals surface area contributed by atoms with Gasteiger partial charge in [-0.3, -0.25) is 4.79 Å². The van der Waals surface area contributed by atoms with Crippen molar-refractivity contribution < 1.29 is 4.79 Å². The van der Waals surface area contributed by atoms with Gasteiger partial charge >= 0.3 is 0 Å². The molecule has 0 saturated heterocycles. The van der Waals surface area contributed by atoms with Gasteiger partial charge in [0.1, 0.15) is 0 Å². The lowest BCUT2D eigenvalue weighted by Crippen LogP contribution is -2.27.